The lowest BCUT2D eigenvalue weighted by molar-refractivity contribution is 0.318. The van der Waals surface area contributed by atoms with Crippen molar-refractivity contribution in [2.45, 2.75) is 44.9 Å². The second kappa shape index (κ2) is 3.80. The van der Waals surface area contributed by atoms with Crippen molar-refractivity contribution in [2.75, 3.05) is 0 Å². The summed E-state index contributed by atoms with van der Waals surface area (Å²) in [5.41, 5.74) is -0.0114. The summed E-state index contributed by atoms with van der Waals surface area (Å²) in [6.07, 6.45) is 4.76. The maximum absolute atomic E-state index is 5.87. The number of hydrogen-bond donors (Lipinski definition) is 0. The molecule has 2 aromatic rings. The van der Waals surface area contributed by atoms with Gasteiger partial charge in [0, 0.05) is 0 Å². The normalized spacial score (nSPS) is 18.7. The van der Waals surface area contributed by atoms with E-state index in [2.05, 4.69) is 12.1 Å². The minimum absolute atomic E-state index is 0.0114. The van der Waals surface area contributed by atoms with Gasteiger partial charge in [0.2, 0.25) is 0 Å². The first-order chi connectivity index (χ1) is 8.21. The third-order valence-corrected chi connectivity index (χ3v) is 3.88. The average molecular weight is 230 g/mol. The first kappa shape index (κ1) is 10.7. The molecule has 17 heavy (non-hydrogen) atoms. The quantitative estimate of drug-likeness (QED) is 0.766. The van der Waals surface area contributed by atoms with Crippen LogP contribution in [0.2, 0.25) is 0 Å². The zero-order valence-electron chi connectivity index (χ0n) is 10.5. The van der Waals surface area contributed by atoms with Gasteiger partial charge in [-0.25, -0.2) is 0 Å². The molecule has 2 heteroatoms. The van der Waals surface area contributed by atoms with E-state index < -0.39 is 0 Å². The first-order valence-corrected chi connectivity index (χ1v) is 6.34. The highest BCUT2D eigenvalue weighted by molar-refractivity contribution is 5.31. The van der Waals surface area contributed by atoms with Gasteiger partial charge in [-0.15, -0.1) is 0 Å². The van der Waals surface area contributed by atoms with Crippen LogP contribution in [0.25, 0.3) is 0 Å². The van der Waals surface area contributed by atoms with E-state index in [0.717, 1.165) is 35.9 Å². The fraction of sp³-hybridized carbons (Fsp3) is 0.467. The molecule has 0 radical (unpaired) electrons. The van der Waals surface area contributed by atoms with Gasteiger partial charge >= 0.3 is 0 Å². The summed E-state index contributed by atoms with van der Waals surface area (Å²) in [7, 11) is 0. The zero-order chi connectivity index (χ0) is 11.9. The summed E-state index contributed by atoms with van der Waals surface area (Å²) in [5.74, 6) is 4.10. The number of hydrogen-bond acceptors (Lipinski definition) is 2. The molecule has 1 aliphatic rings. The summed E-state index contributed by atoms with van der Waals surface area (Å²) >= 11 is 0. The van der Waals surface area contributed by atoms with Crippen LogP contribution in [-0.4, -0.2) is 0 Å². The standard InChI is InChI=1S/C15H18O2/c1-11-5-7-13(16-11)15(9-3-4-10-15)14-8-6-12(2)17-14/h5-8H,3-4,9-10H2,1-2H3. The Morgan fingerprint density at radius 3 is 1.65 bits per heavy atom. The Balaban J connectivity index is 2.10. The Morgan fingerprint density at radius 1 is 0.824 bits per heavy atom. The Labute approximate surface area is 102 Å². The van der Waals surface area contributed by atoms with Crippen LogP contribution >= 0.6 is 0 Å². The molecule has 2 nitrogen and oxygen atoms in total. The summed E-state index contributed by atoms with van der Waals surface area (Å²) in [6, 6.07) is 8.31. The number of rotatable bonds is 2. The molecule has 0 aromatic carbocycles. The van der Waals surface area contributed by atoms with Crippen molar-refractivity contribution >= 4 is 0 Å². The molecule has 1 saturated carbocycles. The third kappa shape index (κ3) is 1.63. The van der Waals surface area contributed by atoms with Crippen molar-refractivity contribution in [3.05, 3.63) is 47.3 Å². The minimum atomic E-state index is -0.0114. The molecule has 0 atom stereocenters. The van der Waals surface area contributed by atoms with E-state index in [1.807, 2.05) is 26.0 Å². The summed E-state index contributed by atoms with van der Waals surface area (Å²) in [6.45, 7) is 4.00. The summed E-state index contributed by atoms with van der Waals surface area (Å²) in [5, 5.41) is 0. The van der Waals surface area contributed by atoms with Gasteiger partial charge in [0.1, 0.15) is 23.0 Å². The van der Waals surface area contributed by atoms with Gasteiger partial charge in [-0.2, -0.15) is 0 Å². The van der Waals surface area contributed by atoms with Crippen LogP contribution in [0.5, 0.6) is 0 Å². The summed E-state index contributed by atoms with van der Waals surface area (Å²) < 4.78 is 11.7. The smallest absolute Gasteiger partial charge is 0.117 e. The highest BCUT2D eigenvalue weighted by Gasteiger charge is 2.42. The molecule has 0 amide bonds. The number of aryl methyl sites for hydroxylation is 2. The van der Waals surface area contributed by atoms with Crippen molar-refractivity contribution in [1.82, 2.24) is 0 Å². The van der Waals surface area contributed by atoms with Gasteiger partial charge in [-0.3, -0.25) is 0 Å². The van der Waals surface area contributed by atoms with Gasteiger partial charge in [0.15, 0.2) is 0 Å². The maximum Gasteiger partial charge on any atom is 0.117 e. The molecular weight excluding hydrogens is 212 g/mol. The molecule has 2 aromatic heterocycles. The fourth-order valence-electron chi connectivity index (χ4n) is 2.98. The highest BCUT2D eigenvalue weighted by Crippen LogP contribution is 2.47. The van der Waals surface area contributed by atoms with E-state index >= 15 is 0 Å². The monoisotopic (exact) mass is 230 g/mol. The van der Waals surface area contributed by atoms with E-state index in [0.29, 0.717) is 0 Å². The van der Waals surface area contributed by atoms with Crippen LogP contribution in [-0.2, 0) is 5.41 Å². The lowest BCUT2D eigenvalue weighted by Crippen LogP contribution is -2.22. The predicted octanol–water partition coefficient (Wildman–Crippen LogP) is 4.35. The maximum atomic E-state index is 5.87. The van der Waals surface area contributed by atoms with Crippen molar-refractivity contribution in [1.29, 1.82) is 0 Å². The van der Waals surface area contributed by atoms with E-state index in [4.69, 9.17) is 8.83 Å². The van der Waals surface area contributed by atoms with Gasteiger partial charge in [0.05, 0.1) is 5.41 Å². The molecule has 0 aliphatic heterocycles. The fourth-order valence-corrected chi connectivity index (χ4v) is 2.98. The van der Waals surface area contributed by atoms with E-state index in [1.54, 1.807) is 0 Å². The van der Waals surface area contributed by atoms with Crippen molar-refractivity contribution in [2.24, 2.45) is 0 Å². The molecule has 1 aliphatic carbocycles. The van der Waals surface area contributed by atoms with Crippen LogP contribution in [0.15, 0.2) is 33.1 Å². The van der Waals surface area contributed by atoms with E-state index in [9.17, 15) is 0 Å². The lowest BCUT2D eigenvalue weighted by Gasteiger charge is -2.24. The van der Waals surface area contributed by atoms with Crippen molar-refractivity contribution in [3.63, 3.8) is 0 Å². The molecule has 3 rings (SSSR count). The lowest BCUT2D eigenvalue weighted by atomic mass is 9.81. The Hall–Kier alpha value is -1.44. The Bertz CT molecular complexity index is 470. The zero-order valence-corrected chi connectivity index (χ0v) is 10.5. The topological polar surface area (TPSA) is 26.3 Å². The van der Waals surface area contributed by atoms with Crippen LogP contribution in [0.4, 0.5) is 0 Å². The van der Waals surface area contributed by atoms with E-state index in [-0.39, 0.29) is 5.41 Å². The minimum Gasteiger partial charge on any atom is -0.465 e. The third-order valence-electron chi connectivity index (χ3n) is 3.88. The first-order valence-electron chi connectivity index (χ1n) is 6.34. The van der Waals surface area contributed by atoms with Crippen molar-refractivity contribution in [3.8, 4) is 0 Å². The Morgan fingerprint density at radius 2 is 1.29 bits per heavy atom. The van der Waals surface area contributed by atoms with Gasteiger partial charge in [-0.1, -0.05) is 12.8 Å². The molecular formula is C15H18O2. The summed E-state index contributed by atoms with van der Waals surface area (Å²) in [4.78, 5) is 0. The number of furan rings is 2. The van der Waals surface area contributed by atoms with Crippen LogP contribution in [0, 0.1) is 13.8 Å². The second-order valence-corrected chi connectivity index (χ2v) is 5.11. The second-order valence-electron chi connectivity index (χ2n) is 5.11. The molecule has 1 fully saturated rings. The molecule has 0 bridgehead atoms. The van der Waals surface area contributed by atoms with Crippen LogP contribution < -0.4 is 0 Å². The predicted molar refractivity (Wildman–Crippen MR) is 66.1 cm³/mol. The molecule has 90 valence electrons. The SMILES string of the molecule is Cc1ccc(C2(c3ccc(C)o3)CCCC2)o1. The van der Waals surface area contributed by atoms with E-state index in [1.165, 1.54) is 12.8 Å². The molecule has 0 spiro atoms. The van der Waals surface area contributed by atoms with Gasteiger partial charge in [-0.05, 0) is 51.0 Å². The molecule has 0 N–H and O–H groups in total. The van der Waals surface area contributed by atoms with Crippen molar-refractivity contribution < 1.29 is 8.83 Å². The van der Waals surface area contributed by atoms with Crippen LogP contribution in [0.1, 0.15) is 48.7 Å². The van der Waals surface area contributed by atoms with Gasteiger partial charge < -0.3 is 8.83 Å². The largest absolute Gasteiger partial charge is 0.465 e. The average Bonchev–Trinajstić information content (AvgIpc) is 2.97. The molecule has 0 saturated heterocycles. The Kier molecular flexibility index (Phi) is 2.39. The van der Waals surface area contributed by atoms with Gasteiger partial charge in [0.25, 0.3) is 0 Å². The van der Waals surface area contributed by atoms with Crippen LogP contribution in [0.3, 0.4) is 0 Å². The molecule has 0 unspecified atom stereocenters. The molecule has 2 heterocycles. The highest BCUT2D eigenvalue weighted by atomic mass is 16.4.